The van der Waals surface area contributed by atoms with E-state index in [4.69, 9.17) is 6.42 Å². The highest BCUT2D eigenvalue weighted by Gasteiger charge is 2.34. The Hall–Kier alpha value is -0.510. The summed E-state index contributed by atoms with van der Waals surface area (Å²) in [6.07, 6.45) is 9.07. The molecule has 1 fully saturated rings. The molecule has 0 aromatic heterocycles. The maximum absolute atomic E-state index is 11.8. The van der Waals surface area contributed by atoms with E-state index < -0.39 is 0 Å². The molecule has 0 spiro atoms. The number of hydrogen-bond donors (Lipinski definition) is 0. The number of rotatable bonds is 2. The summed E-state index contributed by atoms with van der Waals surface area (Å²) in [7, 11) is 0. The first-order chi connectivity index (χ1) is 4.33. The molecule has 0 saturated heterocycles. The Morgan fingerprint density at radius 3 is 2.33 bits per heavy atom. The van der Waals surface area contributed by atoms with Crippen LogP contribution in [0.4, 0.5) is 4.39 Å². The van der Waals surface area contributed by atoms with Crippen molar-refractivity contribution in [3.8, 4) is 12.3 Å². The molecule has 0 bridgehead atoms. The second kappa shape index (κ2) is 2.39. The van der Waals surface area contributed by atoms with Crippen LogP contribution in [0.15, 0.2) is 0 Å². The maximum Gasteiger partial charge on any atom is 0.0908 e. The van der Waals surface area contributed by atoms with Crippen molar-refractivity contribution < 1.29 is 4.39 Å². The van der Waals surface area contributed by atoms with Gasteiger partial charge in [0.25, 0.3) is 0 Å². The molecule has 0 unspecified atom stereocenters. The standard InChI is InChI=1S/C8H11F/c1-2-8(6-7-9)4-3-5-8/h1H,3-7H2. The highest BCUT2D eigenvalue weighted by atomic mass is 19.1. The van der Waals surface area contributed by atoms with Crippen LogP contribution in [-0.2, 0) is 0 Å². The molecule has 0 aliphatic heterocycles. The molecule has 0 heterocycles. The van der Waals surface area contributed by atoms with Crippen LogP contribution in [0.5, 0.6) is 0 Å². The third-order valence-electron chi connectivity index (χ3n) is 2.19. The average Bonchev–Trinajstić information content (AvgIpc) is 1.79. The van der Waals surface area contributed by atoms with E-state index in [1.807, 2.05) is 0 Å². The summed E-state index contributed by atoms with van der Waals surface area (Å²) in [5.74, 6) is 2.68. The molecule has 0 radical (unpaired) electrons. The van der Waals surface area contributed by atoms with Gasteiger partial charge in [-0.1, -0.05) is 12.3 Å². The Balaban J connectivity index is 2.40. The molecule has 0 atom stereocenters. The van der Waals surface area contributed by atoms with Crippen molar-refractivity contribution in [3.05, 3.63) is 0 Å². The molecular weight excluding hydrogens is 115 g/mol. The van der Waals surface area contributed by atoms with Crippen molar-refractivity contribution in [3.63, 3.8) is 0 Å². The lowest BCUT2D eigenvalue weighted by Crippen LogP contribution is -2.27. The fourth-order valence-corrected chi connectivity index (χ4v) is 1.25. The fraction of sp³-hybridized carbons (Fsp3) is 0.750. The second-order valence-corrected chi connectivity index (χ2v) is 2.72. The molecule has 0 nitrogen and oxygen atoms in total. The number of alkyl halides is 1. The monoisotopic (exact) mass is 126 g/mol. The third kappa shape index (κ3) is 1.08. The molecule has 1 heteroatoms. The predicted octanol–water partition coefficient (Wildman–Crippen LogP) is 2.15. The van der Waals surface area contributed by atoms with Crippen molar-refractivity contribution >= 4 is 0 Å². The average molecular weight is 126 g/mol. The molecule has 0 amide bonds. The second-order valence-electron chi connectivity index (χ2n) is 2.72. The molecule has 1 saturated carbocycles. The van der Waals surface area contributed by atoms with E-state index in [-0.39, 0.29) is 12.1 Å². The van der Waals surface area contributed by atoms with Crippen LogP contribution in [0.3, 0.4) is 0 Å². The van der Waals surface area contributed by atoms with Crippen LogP contribution < -0.4 is 0 Å². The summed E-state index contributed by atoms with van der Waals surface area (Å²) in [5.41, 5.74) is -0.0330. The zero-order chi connectivity index (χ0) is 6.74. The van der Waals surface area contributed by atoms with E-state index in [0.717, 1.165) is 12.8 Å². The summed E-state index contributed by atoms with van der Waals surface area (Å²) in [6.45, 7) is -0.260. The Morgan fingerprint density at radius 2 is 2.22 bits per heavy atom. The van der Waals surface area contributed by atoms with Crippen molar-refractivity contribution in [1.82, 2.24) is 0 Å². The lowest BCUT2D eigenvalue weighted by Gasteiger charge is -2.36. The summed E-state index contributed by atoms with van der Waals surface area (Å²) in [4.78, 5) is 0. The largest absolute Gasteiger partial charge is 0.251 e. The summed E-state index contributed by atoms with van der Waals surface area (Å²) < 4.78 is 11.8. The number of hydrogen-bond acceptors (Lipinski definition) is 0. The quantitative estimate of drug-likeness (QED) is 0.497. The smallest absolute Gasteiger partial charge is 0.0908 e. The van der Waals surface area contributed by atoms with Crippen LogP contribution >= 0.6 is 0 Å². The van der Waals surface area contributed by atoms with E-state index in [2.05, 4.69) is 5.92 Å². The van der Waals surface area contributed by atoms with Gasteiger partial charge in [-0.05, 0) is 19.3 Å². The molecule has 0 aromatic carbocycles. The zero-order valence-electron chi connectivity index (χ0n) is 5.49. The van der Waals surface area contributed by atoms with E-state index >= 15 is 0 Å². The first kappa shape index (κ1) is 6.61. The van der Waals surface area contributed by atoms with Crippen LogP contribution in [0, 0.1) is 17.8 Å². The molecule has 1 aliphatic carbocycles. The van der Waals surface area contributed by atoms with Gasteiger partial charge in [0.15, 0.2) is 0 Å². The van der Waals surface area contributed by atoms with Gasteiger partial charge in [0.1, 0.15) is 0 Å². The molecule has 1 rings (SSSR count). The minimum atomic E-state index is -0.260. The molecule has 50 valence electrons. The van der Waals surface area contributed by atoms with Crippen molar-refractivity contribution in [2.24, 2.45) is 5.41 Å². The van der Waals surface area contributed by atoms with Gasteiger partial charge in [0.2, 0.25) is 0 Å². The normalized spacial score (nSPS) is 22.2. The molecule has 9 heavy (non-hydrogen) atoms. The molecule has 1 aliphatic rings. The Kier molecular flexibility index (Phi) is 1.75. The van der Waals surface area contributed by atoms with E-state index in [9.17, 15) is 4.39 Å². The van der Waals surface area contributed by atoms with Crippen molar-refractivity contribution in [2.45, 2.75) is 25.7 Å². The summed E-state index contributed by atoms with van der Waals surface area (Å²) in [5, 5.41) is 0. The van der Waals surface area contributed by atoms with Gasteiger partial charge in [-0.15, -0.1) is 6.42 Å². The van der Waals surface area contributed by atoms with Gasteiger partial charge in [-0.2, -0.15) is 0 Å². The lowest BCUT2D eigenvalue weighted by molar-refractivity contribution is 0.183. The fourth-order valence-electron chi connectivity index (χ4n) is 1.25. The molecule has 0 N–H and O–H groups in total. The van der Waals surface area contributed by atoms with Crippen molar-refractivity contribution in [2.75, 3.05) is 6.67 Å². The minimum Gasteiger partial charge on any atom is -0.251 e. The van der Waals surface area contributed by atoms with Crippen LogP contribution in [0.1, 0.15) is 25.7 Å². The lowest BCUT2D eigenvalue weighted by atomic mass is 9.68. The van der Waals surface area contributed by atoms with E-state index in [1.165, 1.54) is 6.42 Å². The molecular formula is C8H11F. The highest BCUT2D eigenvalue weighted by Crippen LogP contribution is 2.42. The SMILES string of the molecule is C#CC1(CCF)CCC1. The Bertz CT molecular complexity index is 128. The third-order valence-corrected chi connectivity index (χ3v) is 2.19. The van der Waals surface area contributed by atoms with Gasteiger partial charge < -0.3 is 0 Å². The first-order valence-electron chi connectivity index (χ1n) is 3.37. The maximum atomic E-state index is 11.8. The van der Waals surface area contributed by atoms with Gasteiger partial charge in [0.05, 0.1) is 6.67 Å². The predicted molar refractivity (Wildman–Crippen MR) is 35.7 cm³/mol. The van der Waals surface area contributed by atoms with Crippen LogP contribution in [-0.4, -0.2) is 6.67 Å². The van der Waals surface area contributed by atoms with Gasteiger partial charge >= 0.3 is 0 Å². The summed E-state index contributed by atoms with van der Waals surface area (Å²) in [6, 6.07) is 0. The zero-order valence-corrected chi connectivity index (χ0v) is 5.49. The van der Waals surface area contributed by atoms with Gasteiger partial charge in [0, 0.05) is 5.41 Å². The van der Waals surface area contributed by atoms with E-state index in [0.29, 0.717) is 6.42 Å². The van der Waals surface area contributed by atoms with Crippen LogP contribution in [0.25, 0.3) is 0 Å². The minimum absolute atomic E-state index is 0.0330. The van der Waals surface area contributed by atoms with Crippen LogP contribution in [0.2, 0.25) is 0 Å². The molecule has 0 aromatic rings. The van der Waals surface area contributed by atoms with Gasteiger partial charge in [-0.3, -0.25) is 4.39 Å². The topological polar surface area (TPSA) is 0 Å². The summed E-state index contributed by atoms with van der Waals surface area (Å²) >= 11 is 0. The van der Waals surface area contributed by atoms with Crippen molar-refractivity contribution in [1.29, 1.82) is 0 Å². The number of terminal acetylenes is 1. The first-order valence-corrected chi connectivity index (χ1v) is 3.37. The van der Waals surface area contributed by atoms with Gasteiger partial charge in [-0.25, -0.2) is 0 Å². The Labute approximate surface area is 55.5 Å². The Morgan fingerprint density at radius 1 is 1.56 bits per heavy atom. The number of halogens is 1. The highest BCUT2D eigenvalue weighted by molar-refractivity contribution is 5.09. The van der Waals surface area contributed by atoms with E-state index in [1.54, 1.807) is 0 Å².